The van der Waals surface area contributed by atoms with Crippen LogP contribution in [0.4, 0.5) is 4.39 Å². The summed E-state index contributed by atoms with van der Waals surface area (Å²) in [4.78, 5) is 10.7. The van der Waals surface area contributed by atoms with Crippen LogP contribution in [0.25, 0.3) is 5.69 Å². The van der Waals surface area contributed by atoms with Crippen molar-refractivity contribution >= 4 is 5.97 Å². The number of aromatic nitrogens is 2. The van der Waals surface area contributed by atoms with Crippen LogP contribution in [-0.2, 0) is 4.79 Å². The van der Waals surface area contributed by atoms with Gasteiger partial charge in [0.05, 0.1) is 0 Å². The van der Waals surface area contributed by atoms with Gasteiger partial charge in [0.2, 0.25) is 0 Å². The topological polar surface area (TPSA) is 81.1 Å². The first kappa shape index (κ1) is 11.3. The largest absolute Gasteiger partial charge is 0.480 e. The van der Waals surface area contributed by atoms with Crippen molar-refractivity contribution < 1.29 is 14.3 Å². The van der Waals surface area contributed by atoms with Gasteiger partial charge in [-0.3, -0.25) is 4.79 Å². The van der Waals surface area contributed by atoms with Crippen molar-refractivity contribution in [3.8, 4) is 5.69 Å². The molecule has 0 spiro atoms. The molecule has 0 saturated carbocycles. The number of benzene rings is 1. The molecule has 1 unspecified atom stereocenters. The first-order valence-electron chi connectivity index (χ1n) is 4.87. The number of nitrogens with two attached hydrogens (primary N) is 1. The van der Waals surface area contributed by atoms with E-state index in [2.05, 4.69) is 5.10 Å². The highest BCUT2D eigenvalue weighted by Crippen LogP contribution is 2.18. The minimum absolute atomic E-state index is 0.214. The number of carboxylic acid groups (broad SMARTS) is 1. The minimum Gasteiger partial charge on any atom is -0.480 e. The second kappa shape index (κ2) is 4.34. The molecular weight excluding hydrogens is 225 g/mol. The summed E-state index contributed by atoms with van der Waals surface area (Å²) in [6, 6.07) is 4.46. The van der Waals surface area contributed by atoms with Gasteiger partial charge in [0.15, 0.2) is 0 Å². The van der Waals surface area contributed by atoms with Gasteiger partial charge in [-0.15, -0.1) is 0 Å². The Kier molecular flexibility index (Phi) is 2.88. The highest BCUT2D eigenvalue weighted by atomic mass is 19.1. The van der Waals surface area contributed by atoms with E-state index in [9.17, 15) is 9.18 Å². The highest BCUT2D eigenvalue weighted by molar-refractivity contribution is 5.75. The second-order valence-corrected chi connectivity index (χ2v) is 3.48. The lowest BCUT2D eigenvalue weighted by Gasteiger charge is -2.09. The third-order valence-corrected chi connectivity index (χ3v) is 2.35. The monoisotopic (exact) mass is 235 g/mol. The molecule has 0 aliphatic heterocycles. The number of hydrogen-bond donors (Lipinski definition) is 2. The van der Waals surface area contributed by atoms with Gasteiger partial charge < -0.3 is 10.8 Å². The molecule has 0 aliphatic rings. The maximum Gasteiger partial charge on any atom is 0.325 e. The lowest BCUT2D eigenvalue weighted by atomic mass is 10.1. The van der Waals surface area contributed by atoms with E-state index in [-0.39, 0.29) is 11.3 Å². The number of nitrogens with zero attached hydrogens (tertiary/aromatic N) is 2. The third-order valence-electron chi connectivity index (χ3n) is 2.35. The molecule has 17 heavy (non-hydrogen) atoms. The van der Waals surface area contributed by atoms with Gasteiger partial charge in [-0.05, 0) is 23.8 Å². The van der Waals surface area contributed by atoms with Crippen molar-refractivity contribution in [1.29, 1.82) is 0 Å². The number of hydrogen-bond acceptors (Lipinski definition) is 3. The molecule has 0 radical (unpaired) electrons. The fourth-order valence-electron chi connectivity index (χ4n) is 1.46. The lowest BCUT2D eigenvalue weighted by Crippen LogP contribution is -2.20. The molecule has 5 nitrogen and oxygen atoms in total. The van der Waals surface area contributed by atoms with Gasteiger partial charge in [-0.2, -0.15) is 5.10 Å². The van der Waals surface area contributed by atoms with Crippen molar-refractivity contribution in [1.82, 2.24) is 9.78 Å². The molecule has 0 fully saturated rings. The van der Waals surface area contributed by atoms with Gasteiger partial charge in [0.25, 0.3) is 0 Å². The zero-order chi connectivity index (χ0) is 12.4. The summed E-state index contributed by atoms with van der Waals surface area (Å²) < 4.78 is 15.1. The van der Waals surface area contributed by atoms with E-state index < -0.39 is 17.8 Å². The van der Waals surface area contributed by atoms with Crippen LogP contribution >= 0.6 is 0 Å². The fourth-order valence-corrected chi connectivity index (χ4v) is 1.46. The summed E-state index contributed by atoms with van der Waals surface area (Å²) in [7, 11) is 0. The van der Waals surface area contributed by atoms with E-state index in [0.717, 1.165) is 6.07 Å². The average molecular weight is 235 g/mol. The molecule has 3 N–H and O–H groups in total. The smallest absolute Gasteiger partial charge is 0.325 e. The predicted molar refractivity (Wildman–Crippen MR) is 58.1 cm³/mol. The van der Waals surface area contributed by atoms with Gasteiger partial charge in [0.1, 0.15) is 17.5 Å². The Morgan fingerprint density at radius 1 is 1.53 bits per heavy atom. The van der Waals surface area contributed by atoms with E-state index in [4.69, 9.17) is 10.8 Å². The zero-order valence-corrected chi connectivity index (χ0v) is 8.75. The summed E-state index contributed by atoms with van der Waals surface area (Å²) in [6.45, 7) is 0. The van der Waals surface area contributed by atoms with E-state index in [1.54, 1.807) is 12.3 Å². The van der Waals surface area contributed by atoms with Crippen LogP contribution in [0, 0.1) is 5.82 Å². The summed E-state index contributed by atoms with van der Waals surface area (Å²) in [5.41, 5.74) is 5.85. The summed E-state index contributed by atoms with van der Waals surface area (Å²) in [5.74, 6) is -1.76. The second-order valence-electron chi connectivity index (χ2n) is 3.48. The van der Waals surface area contributed by atoms with Gasteiger partial charge >= 0.3 is 5.97 Å². The maximum absolute atomic E-state index is 13.7. The molecule has 0 amide bonds. The van der Waals surface area contributed by atoms with Crippen LogP contribution in [-0.4, -0.2) is 20.9 Å². The number of rotatable bonds is 3. The lowest BCUT2D eigenvalue weighted by molar-refractivity contribution is -0.138. The zero-order valence-electron chi connectivity index (χ0n) is 8.75. The van der Waals surface area contributed by atoms with Crippen LogP contribution in [0.2, 0.25) is 0 Å². The number of carbonyl (C=O) groups is 1. The summed E-state index contributed by atoms with van der Waals surface area (Å²) in [5, 5.41) is 12.6. The van der Waals surface area contributed by atoms with E-state index >= 15 is 0 Å². The molecule has 2 aromatic rings. The van der Waals surface area contributed by atoms with Crippen LogP contribution in [0.1, 0.15) is 11.6 Å². The Hall–Kier alpha value is -2.21. The van der Waals surface area contributed by atoms with E-state index in [1.807, 2.05) is 0 Å². The maximum atomic E-state index is 13.7. The molecular formula is C11H10FN3O2. The molecule has 2 rings (SSSR count). The molecule has 0 bridgehead atoms. The van der Waals surface area contributed by atoms with Crippen molar-refractivity contribution in [2.75, 3.05) is 0 Å². The normalized spacial score (nSPS) is 12.4. The van der Waals surface area contributed by atoms with Crippen molar-refractivity contribution in [3.63, 3.8) is 0 Å². The Labute approximate surface area is 96.3 Å². The highest BCUT2D eigenvalue weighted by Gasteiger charge is 2.16. The average Bonchev–Trinajstić information content (AvgIpc) is 2.81. The Bertz CT molecular complexity index is 540. The van der Waals surface area contributed by atoms with Gasteiger partial charge in [-0.1, -0.05) is 6.07 Å². The molecule has 1 atom stereocenters. The fraction of sp³-hybridized carbons (Fsp3) is 0.0909. The minimum atomic E-state index is -1.23. The molecule has 0 saturated heterocycles. The first-order valence-corrected chi connectivity index (χ1v) is 4.87. The molecule has 1 aromatic heterocycles. The van der Waals surface area contributed by atoms with Gasteiger partial charge in [-0.25, -0.2) is 9.07 Å². The van der Waals surface area contributed by atoms with E-state index in [0.29, 0.717) is 0 Å². The number of aliphatic carboxylic acids is 1. The standard InChI is InChI=1S/C11H10FN3O2/c12-8-6-7(10(13)11(16)17)2-3-9(8)15-5-1-4-14-15/h1-6,10H,13H2,(H,16,17). The summed E-state index contributed by atoms with van der Waals surface area (Å²) >= 11 is 0. The van der Waals surface area contributed by atoms with Crippen molar-refractivity contribution in [3.05, 3.63) is 48.0 Å². The SMILES string of the molecule is NC(C(=O)O)c1ccc(-n2cccn2)c(F)c1. The molecule has 6 heteroatoms. The number of halogens is 1. The van der Waals surface area contributed by atoms with Crippen molar-refractivity contribution in [2.24, 2.45) is 5.73 Å². The van der Waals surface area contributed by atoms with Crippen LogP contribution < -0.4 is 5.73 Å². The molecule has 1 heterocycles. The van der Waals surface area contributed by atoms with Crippen LogP contribution in [0.3, 0.4) is 0 Å². The van der Waals surface area contributed by atoms with Gasteiger partial charge in [0, 0.05) is 12.4 Å². The molecule has 88 valence electrons. The first-order chi connectivity index (χ1) is 8.09. The van der Waals surface area contributed by atoms with Crippen LogP contribution in [0.15, 0.2) is 36.7 Å². The van der Waals surface area contributed by atoms with Crippen molar-refractivity contribution in [2.45, 2.75) is 6.04 Å². The molecule has 1 aromatic carbocycles. The number of carboxylic acids is 1. The van der Waals surface area contributed by atoms with Crippen LogP contribution in [0.5, 0.6) is 0 Å². The Balaban J connectivity index is 2.39. The quantitative estimate of drug-likeness (QED) is 0.834. The molecule has 0 aliphatic carbocycles. The Morgan fingerprint density at radius 3 is 2.82 bits per heavy atom. The predicted octanol–water partition coefficient (Wildman–Crippen LogP) is 1.10. The third kappa shape index (κ3) is 2.16. The van der Waals surface area contributed by atoms with E-state index in [1.165, 1.54) is 23.0 Å². The Morgan fingerprint density at radius 2 is 2.29 bits per heavy atom. The summed E-state index contributed by atoms with van der Waals surface area (Å²) in [6.07, 6.45) is 3.12.